The summed E-state index contributed by atoms with van der Waals surface area (Å²) in [6.45, 7) is 4.05. The van der Waals surface area contributed by atoms with Crippen molar-refractivity contribution in [1.29, 1.82) is 0 Å². The van der Waals surface area contributed by atoms with E-state index in [0.29, 0.717) is 6.04 Å². The van der Waals surface area contributed by atoms with Crippen molar-refractivity contribution in [2.24, 2.45) is 0 Å². The van der Waals surface area contributed by atoms with Crippen molar-refractivity contribution in [3.8, 4) is 0 Å². The number of anilines is 2. The maximum Gasteiger partial charge on any atom is 0.224 e. The summed E-state index contributed by atoms with van der Waals surface area (Å²) in [7, 11) is 4.00. The molecule has 1 aliphatic heterocycles. The Balaban J connectivity index is 1.75. The minimum absolute atomic E-state index is 0.286. The van der Waals surface area contributed by atoms with Gasteiger partial charge in [0.05, 0.1) is 0 Å². The molecule has 0 spiro atoms. The molecular weight excluding hydrogens is 324 g/mol. The smallest absolute Gasteiger partial charge is 0.224 e. The van der Waals surface area contributed by atoms with E-state index < -0.39 is 0 Å². The van der Waals surface area contributed by atoms with Crippen LogP contribution < -0.4 is 10.2 Å². The number of nitrogens with one attached hydrogen (secondary N) is 2. The van der Waals surface area contributed by atoms with Crippen molar-refractivity contribution in [3.05, 3.63) is 41.4 Å². The zero-order valence-electron chi connectivity index (χ0n) is 14.3. The van der Waals surface area contributed by atoms with Gasteiger partial charge in [-0.1, -0.05) is 6.08 Å². The number of hydrogen-bond acceptors (Lipinski definition) is 5. The second-order valence-corrected chi connectivity index (χ2v) is 6.21. The first-order valence-electron chi connectivity index (χ1n) is 8.12. The van der Waals surface area contributed by atoms with Crippen LogP contribution in [-0.4, -0.2) is 53.1 Å². The zero-order chi connectivity index (χ0) is 17.1. The van der Waals surface area contributed by atoms with E-state index in [9.17, 15) is 0 Å². The molecule has 0 saturated carbocycles. The Kier molecular flexibility index (Phi) is 4.94. The van der Waals surface area contributed by atoms with Gasteiger partial charge in [-0.2, -0.15) is 0 Å². The van der Waals surface area contributed by atoms with E-state index in [1.165, 1.54) is 11.3 Å². The van der Waals surface area contributed by atoms with Crippen LogP contribution in [0.15, 0.2) is 30.6 Å². The van der Waals surface area contributed by atoms with Gasteiger partial charge in [0, 0.05) is 56.9 Å². The highest BCUT2D eigenvalue weighted by molar-refractivity contribution is 6.28. The summed E-state index contributed by atoms with van der Waals surface area (Å²) in [4.78, 5) is 16.1. The number of likely N-dealkylation sites (N-methyl/N-ethyl adjacent to an activating group) is 1. The van der Waals surface area contributed by atoms with Crippen molar-refractivity contribution in [1.82, 2.24) is 19.9 Å². The Morgan fingerprint density at radius 3 is 3.04 bits per heavy atom. The van der Waals surface area contributed by atoms with E-state index in [2.05, 4.69) is 56.2 Å². The van der Waals surface area contributed by atoms with Gasteiger partial charge in [-0.3, -0.25) is 0 Å². The van der Waals surface area contributed by atoms with Gasteiger partial charge in [0.25, 0.3) is 0 Å². The molecular formula is C17H23ClN6. The molecule has 6 nitrogen and oxygen atoms in total. The number of H-pyrrole nitrogens is 1. The highest BCUT2D eigenvalue weighted by Gasteiger charge is 2.29. The maximum atomic E-state index is 5.92. The summed E-state index contributed by atoms with van der Waals surface area (Å²) in [5.74, 6) is 1.91. The molecule has 128 valence electrons. The Hall–Kier alpha value is -2.21. The molecule has 0 radical (unpaired) electrons. The normalized spacial score (nSPS) is 18.1. The molecule has 0 amide bonds. The fourth-order valence-corrected chi connectivity index (χ4v) is 3.43. The molecule has 1 fully saturated rings. The summed E-state index contributed by atoms with van der Waals surface area (Å²) in [5.41, 5.74) is 2.45. The lowest BCUT2D eigenvalue weighted by atomic mass is 10.2. The molecule has 7 heteroatoms. The zero-order valence-corrected chi connectivity index (χ0v) is 15.0. The van der Waals surface area contributed by atoms with Gasteiger partial charge in [0.1, 0.15) is 11.6 Å². The van der Waals surface area contributed by atoms with Gasteiger partial charge in [-0.05, 0) is 37.1 Å². The van der Waals surface area contributed by atoms with Gasteiger partial charge in [-0.15, -0.1) is 0 Å². The predicted octanol–water partition coefficient (Wildman–Crippen LogP) is 3.07. The summed E-state index contributed by atoms with van der Waals surface area (Å²) >= 11 is 5.92. The maximum absolute atomic E-state index is 5.92. The highest BCUT2D eigenvalue weighted by atomic mass is 35.5. The first-order chi connectivity index (χ1) is 11.6. The van der Waals surface area contributed by atoms with Crippen LogP contribution in [0.25, 0.3) is 5.70 Å². The second kappa shape index (κ2) is 7.13. The minimum atomic E-state index is 0.286. The van der Waals surface area contributed by atoms with Crippen LogP contribution >= 0.6 is 11.6 Å². The average Bonchev–Trinajstić information content (AvgIpc) is 3.25. The van der Waals surface area contributed by atoms with Crippen LogP contribution in [0.3, 0.4) is 0 Å². The summed E-state index contributed by atoms with van der Waals surface area (Å²) in [5, 5.41) is 3.50. The Labute approximate surface area is 147 Å². The number of aromatic nitrogens is 3. The van der Waals surface area contributed by atoms with Gasteiger partial charge < -0.3 is 20.1 Å². The second-order valence-electron chi connectivity index (χ2n) is 5.87. The third-order valence-electron chi connectivity index (χ3n) is 4.57. The van der Waals surface area contributed by atoms with Gasteiger partial charge in [-0.25, -0.2) is 9.97 Å². The molecule has 1 unspecified atom stereocenters. The van der Waals surface area contributed by atoms with E-state index in [1.54, 1.807) is 6.20 Å². The highest BCUT2D eigenvalue weighted by Crippen LogP contribution is 2.30. The van der Waals surface area contributed by atoms with Crippen LogP contribution in [0.4, 0.5) is 11.6 Å². The van der Waals surface area contributed by atoms with Crippen LogP contribution in [-0.2, 0) is 0 Å². The third-order valence-corrected chi connectivity index (χ3v) is 4.75. The number of rotatable bonds is 5. The molecule has 0 aliphatic carbocycles. The average molecular weight is 347 g/mol. The number of halogens is 1. The van der Waals surface area contributed by atoms with E-state index in [1.807, 2.05) is 19.3 Å². The Bertz CT molecular complexity index is 725. The molecule has 1 aliphatic rings. The fraction of sp³-hybridized carbons (Fsp3) is 0.412. The molecule has 1 saturated heterocycles. The third kappa shape index (κ3) is 3.19. The predicted molar refractivity (Wildman–Crippen MR) is 99.4 cm³/mol. The number of aromatic amines is 1. The van der Waals surface area contributed by atoms with Gasteiger partial charge >= 0.3 is 0 Å². The van der Waals surface area contributed by atoms with Crippen molar-refractivity contribution in [2.75, 3.05) is 37.4 Å². The van der Waals surface area contributed by atoms with Crippen molar-refractivity contribution in [2.45, 2.75) is 19.4 Å². The van der Waals surface area contributed by atoms with Crippen LogP contribution in [0.5, 0.6) is 0 Å². The lowest BCUT2D eigenvalue weighted by Gasteiger charge is -2.27. The Morgan fingerprint density at radius 1 is 1.50 bits per heavy atom. The molecule has 0 aromatic carbocycles. The number of hydrogen-bond donors (Lipinski definition) is 2. The topological polar surface area (TPSA) is 60.1 Å². The molecule has 2 aromatic heterocycles. The summed E-state index contributed by atoms with van der Waals surface area (Å²) in [6, 6.07) is 4.40. The quantitative estimate of drug-likeness (QED) is 0.815. The first kappa shape index (κ1) is 16.6. The molecule has 3 rings (SSSR count). The number of allylic oxidation sites excluding steroid dienone is 1. The van der Waals surface area contributed by atoms with Crippen LogP contribution in [0.1, 0.15) is 18.9 Å². The largest absolute Gasteiger partial charge is 0.374 e. The summed E-state index contributed by atoms with van der Waals surface area (Å²) in [6.07, 6.45) is 6.92. The Morgan fingerprint density at radius 2 is 2.33 bits per heavy atom. The van der Waals surface area contributed by atoms with E-state index in [0.717, 1.165) is 31.1 Å². The number of likely N-dealkylation sites (tertiary alicyclic amines) is 1. The molecule has 1 atom stereocenters. The molecule has 2 N–H and O–H groups in total. The monoisotopic (exact) mass is 346 g/mol. The summed E-state index contributed by atoms with van der Waals surface area (Å²) < 4.78 is 0. The van der Waals surface area contributed by atoms with Crippen molar-refractivity contribution >= 4 is 28.9 Å². The van der Waals surface area contributed by atoms with E-state index >= 15 is 0 Å². The molecule has 2 aromatic rings. The van der Waals surface area contributed by atoms with E-state index in [-0.39, 0.29) is 5.28 Å². The van der Waals surface area contributed by atoms with Crippen molar-refractivity contribution < 1.29 is 0 Å². The molecule has 3 heterocycles. The first-order valence-corrected chi connectivity index (χ1v) is 8.50. The molecule has 0 bridgehead atoms. The van der Waals surface area contributed by atoms with Crippen LogP contribution in [0.2, 0.25) is 5.28 Å². The lowest BCUT2D eigenvalue weighted by molar-refractivity contribution is 0.480. The van der Waals surface area contributed by atoms with Crippen molar-refractivity contribution in [3.63, 3.8) is 0 Å². The fourth-order valence-electron chi connectivity index (χ4n) is 3.28. The van der Waals surface area contributed by atoms with Gasteiger partial charge in [0.2, 0.25) is 5.28 Å². The number of nitrogens with zero attached hydrogens (tertiary/aromatic N) is 4. The standard InChI is InChI=1S/C17H23ClN6/c1-4-14(13-5-8-20-16(13)19-2)24-10-7-12(11-24)23(3)15-6-9-21-17(18)22-15/h4-6,8-9,12,19-20H,7,10-11H2,1-3H3/b14-4+. The van der Waals surface area contributed by atoms with Gasteiger partial charge in [0.15, 0.2) is 0 Å². The van der Waals surface area contributed by atoms with Crippen LogP contribution in [0, 0.1) is 0 Å². The lowest BCUT2D eigenvalue weighted by Crippen LogP contribution is -2.34. The van der Waals surface area contributed by atoms with E-state index in [4.69, 9.17) is 11.6 Å². The SMILES string of the molecule is C/C=C(\c1cc[nH]c1NC)N1CCC(N(C)c2ccnc(Cl)n2)C1. The molecule has 24 heavy (non-hydrogen) atoms. The minimum Gasteiger partial charge on any atom is -0.374 e.